The largest absolute Gasteiger partial charge is 0.440 e. The Morgan fingerprint density at radius 3 is 2.56 bits per heavy atom. The molecule has 0 spiro atoms. The molecule has 0 aliphatic carbocycles. The highest BCUT2D eigenvalue weighted by Gasteiger charge is 2.30. The summed E-state index contributed by atoms with van der Waals surface area (Å²) in [7, 11) is 0. The van der Waals surface area contributed by atoms with Crippen molar-refractivity contribution < 1.29 is 9.21 Å². The van der Waals surface area contributed by atoms with Crippen molar-refractivity contribution in [2.24, 2.45) is 0 Å². The standard InChI is InChI=1S/C24H22Cl2N4O2/c1-15-21(22(26)30(28-15)14-17-6-2-3-7-18(17)25)24(31)29-12-10-16(11-13-29)23-27-19-8-4-5-9-20(19)32-23/h2-9,16H,10-14H2,1H3. The Labute approximate surface area is 195 Å². The second kappa shape index (κ2) is 8.60. The maximum atomic E-state index is 13.3. The van der Waals surface area contributed by atoms with Crippen LogP contribution < -0.4 is 0 Å². The van der Waals surface area contributed by atoms with Gasteiger partial charge in [-0.2, -0.15) is 5.10 Å². The van der Waals surface area contributed by atoms with E-state index in [0.717, 1.165) is 35.4 Å². The molecule has 4 aromatic rings. The van der Waals surface area contributed by atoms with Crippen LogP contribution in [-0.4, -0.2) is 38.7 Å². The molecule has 0 saturated carbocycles. The van der Waals surface area contributed by atoms with Crippen LogP contribution in [-0.2, 0) is 6.54 Å². The van der Waals surface area contributed by atoms with Crippen molar-refractivity contribution in [1.82, 2.24) is 19.7 Å². The van der Waals surface area contributed by atoms with Crippen LogP contribution >= 0.6 is 23.2 Å². The third-order valence-corrected chi connectivity index (χ3v) is 6.75. The molecule has 0 atom stereocenters. The molecule has 5 rings (SSSR count). The average molecular weight is 469 g/mol. The number of piperidine rings is 1. The lowest BCUT2D eigenvalue weighted by Crippen LogP contribution is -2.38. The highest BCUT2D eigenvalue weighted by atomic mass is 35.5. The van der Waals surface area contributed by atoms with Crippen molar-refractivity contribution in [3.8, 4) is 0 Å². The maximum Gasteiger partial charge on any atom is 0.258 e. The van der Waals surface area contributed by atoms with Crippen LogP contribution in [0.4, 0.5) is 0 Å². The first kappa shape index (κ1) is 21.0. The molecule has 8 heteroatoms. The number of benzene rings is 2. The molecule has 3 heterocycles. The summed E-state index contributed by atoms with van der Waals surface area (Å²) >= 11 is 12.9. The van der Waals surface area contributed by atoms with E-state index in [2.05, 4.69) is 10.1 Å². The first-order valence-corrected chi connectivity index (χ1v) is 11.4. The molecule has 0 unspecified atom stereocenters. The average Bonchev–Trinajstić information content (AvgIpc) is 3.35. The van der Waals surface area contributed by atoms with Crippen LogP contribution in [0.2, 0.25) is 10.2 Å². The SMILES string of the molecule is Cc1nn(Cc2ccccc2Cl)c(Cl)c1C(=O)N1CCC(c2nc3ccccc3o2)CC1. The zero-order chi connectivity index (χ0) is 22.2. The normalized spacial score (nSPS) is 14.9. The Hall–Kier alpha value is -2.83. The molecular weight excluding hydrogens is 447 g/mol. The van der Waals surface area contributed by atoms with E-state index in [1.54, 1.807) is 4.68 Å². The van der Waals surface area contributed by atoms with E-state index < -0.39 is 0 Å². The molecule has 2 aromatic carbocycles. The number of rotatable bonds is 4. The van der Waals surface area contributed by atoms with Gasteiger partial charge in [0.1, 0.15) is 10.7 Å². The molecule has 1 aliphatic heterocycles. The molecule has 0 radical (unpaired) electrons. The van der Waals surface area contributed by atoms with Gasteiger partial charge in [-0.1, -0.05) is 53.5 Å². The number of para-hydroxylation sites is 2. The number of hydrogen-bond acceptors (Lipinski definition) is 4. The van der Waals surface area contributed by atoms with Crippen molar-refractivity contribution in [3.63, 3.8) is 0 Å². The number of aryl methyl sites for hydroxylation is 1. The van der Waals surface area contributed by atoms with Gasteiger partial charge in [0.05, 0.1) is 17.8 Å². The van der Waals surface area contributed by atoms with E-state index >= 15 is 0 Å². The minimum absolute atomic E-state index is 0.0890. The van der Waals surface area contributed by atoms with E-state index in [4.69, 9.17) is 27.6 Å². The van der Waals surface area contributed by atoms with Crippen molar-refractivity contribution >= 4 is 40.2 Å². The molecule has 0 bridgehead atoms. The Balaban J connectivity index is 1.30. The number of likely N-dealkylation sites (tertiary alicyclic amines) is 1. The monoisotopic (exact) mass is 468 g/mol. The molecule has 1 saturated heterocycles. The quantitative estimate of drug-likeness (QED) is 0.384. The molecular formula is C24H22Cl2N4O2. The first-order chi connectivity index (χ1) is 15.5. The minimum Gasteiger partial charge on any atom is -0.440 e. The van der Waals surface area contributed by atoms with Crippen LogP contribution in [0, 0.1) is 6.92 Å². The second-order valence-electron chi connectivity index (χ2n) is 8.09. The van der Waals surface area contributed by atoms with Crippen molar-refractivity contribution in [3.05, 3.63) is 81.4 Å². The summed E-state index contributed by atoms with van der Waals surface area (Å²) in [5, 5.41) is 5.49. The van der Waals surface area contributed by atoms with E-state index in [9.17, 15) is 4.79 Å². The molecule has 164 valence electrons. The van der Waals surface area contributed by atoms with Gasteiger partial charge >= 0.3 is 0 Å². The van der Waals surface area contributed by atoms with Gasteiger partial charge in [0.2, 0.25) is 0 Å². The summed E-state index contributed by atoms with van der Waals surface area (Å²) in [6.07, 6.45) is 1.59. The van der Waals surface area contributed by atoms with E-state index in [1.165, 1.54) is 0 Å². The summed E-state index contributed by atoms with van der Waals surface area (Å²) in [4.78, 5) is 19.8. The van der Waals surface area contributed by atoms with Crippen LogP contribution in [0.1, 0.15) is 46.3 Å². The highest BCUT2D eigenvalue weighted by molar-refractivity contribution is 6.33. The lowest BCUT2D eigenvalue weighted by atomic mass is 9.96. The predicted molar refractivity (Wildman–Crippen MR) is 124 cm³/mol. The lowest BCUT2D eigenvalue weighted by molar-refractivity contribution is 0.0706. The minimum atomic E-state index is -0.0890. The number of nitrogens with zero attached hydrogens (tertiary/aromatic N) is 4. The summed E-state index contributed by atoms with van der Waals surface area (Å²) < 4.78 is 7.57. The lowest BCUT2D eigenvalue weighted by Gasteiger charge is -2.30. The van der Waals surface area contributed by atoms with Gasteiger partial charge in [-0.25, -0.2) is 9.67 Å². The van der Waals surface area contributed by atoms with Crippen LogP contribution in [0.15, 0.2) is 52.9 Å². The molecule has 2 aromatic heterocycles. The van der Waals surface area contributed by atoms with Gasteiger partial charge in [-0.05, 0) is 43.5 Å². The first-order valence-electron chi connectivity index (χ1n) is 10.6. The summed E-state index contributed by atoms with van der Waals surface area (Å²) in [5.74, 6) is 0.861. The van der Waals surface area contributed by atoms with Crippen LogP contribution in [0.5, 0.6) is 0 Å². The van der Waals surface area contributed by atoms with Gasteiger partial charge in [0, 0.05) is 24.0 Å². The zero-order valence-electron chi connectivity index (χ0n) is 17.6. The van der Waals surface area contributed by atoms with Gasteiger partial charge in [0.25, 0.3) is 5.91 Å². The predicted octanol–water partition coefficient (Wildman–Crippen LogP) is 5.71. The third kappa shape index (κ3) is 3.89. The molecule has 1 amide bonds. The van der Waals surface area contributed by atoms with Crippen LogP contribution in [0.3, 0.4) is 0 Å². The smallest absolute Gasteiger partial charge is 0.258 e. The molecule has 1 fully saturated rings. The van der Waals surface area contributed by atoms with E-state index in [1.807, 2.05) is 60.4 Å². The van der Waals surface area contributed by atoms with Gasteiger partial charge in [0.15, 0.2) is 11.5 Å². The van der Waals surface area contributed by atoms with Crippen molar-refractivity contribution in [2.75, 3.05) is 13.1 Å². The number of amides is 1. The van der Waals surface area contributed by atoms with E-state index in [-0.39, 0.29) is 11.8 Å². The molecule has 32 heavy (non-hydrogen) atoms. The van der Waals surface area contributed by atoms with Gasteiger partial charge < -0.3 is 9.32 Å². The number of hydrogen-bond donors (Lipinski definition) is 0. The number of oxazole rings is 1. The number of carbonyl (C=O) groups excluding carboxylic acids is 1. The Morgan fingerprint density at radius 2 is 1.81 bits per heavy atom. The Morgan fingerprint density at radius 1 is 1.09 bits per heavy atom. The van der Waals surface area contributed by atoms with Gasteiger partial charge in [-0.15, -0.1) is 0 Å². The van der Waals surface area contributed by atoms with Gasteiger partial charge in [-0.3, -0.25) is 4.79 Å². The summed E-state index contributed by atoms with van der Waals surface area (Å²) in [6, 6.07) is 15.3. The topological polar surface area (TPSA) is 64.2 Å². The Bertz CT molecular complexity index is 1260. The summed E-state index contributed by atoms with van der Waals surface area (Å²) in [6.45, 7) is 3.46. The fourth-order valence-corrected chi connectivity index (χ4v) is 4.75. The number of carbonyl (C=O) groups is 1. The fraction of sp³-hybridized carbons (Fsp3) is 0.292. The van der Waals surface area contributed by atoms with E-state index in [0.29, 0.717) is 41.1 Å². The molecule has 6 nitrogen and oxygen atoms in total. The van der Waals surface area contributed by atoms with Crippen molar-refractivity contribution in [1.29, 1.82) is 0 Å². The zero-order valence-corrected chi connectivity index (χ0v) is 19.1. The number of halogens is 2. The molecule has 1 aliphatic rings. The Kier molecular flexibility index (Phi) is 5.66. The number of fused-ring (bicyclic) bond motifs is 1. The third-order valence-electron chi connectivity index (χ3n) is 6.00. The summed E-state index contributed by atoms with van der Waals surface area (Å²) in [5.41, 5.74) is 3.65. The second-order valence-corrected chi connectivity index (χ2v) is 8.85. The van der Waals surface area contributed by atoms with Crippen LogP contribution in [0.25, 0.3) is 11.1 Å². The fourth-order valence-electron chi connectivity index (χ4n) is 4.24. The number of aromatic nitrogens is 3. The highest BCUT2D eigenvalue weighted by Crippen LogP contribution is 2.32. The maximum absolute atomic E-state index is 13.3. The molecule has 0 N–H and O–H groups in total. The van der Waals surface area contributed by atoms with Crippen molar-refractivity contribution in [2.45, 2.75) is 32.2 Å².